The molecule has 1 aliphatic heterocycles. The van der Waals surface area contributed by atoms with Crippen molar-refractivity contribution in [2.24, 2.45) is 5.73 Å². The van der Waals surface area contributed by atoms with Gasteiger partial charge in [-0.05, 0) is 44.9 Å². The Bertz CT molecular complexity index is 841. The monoisotopic (exact) mass is 371 g/mol. The van der Waals surface area contributed by atoms with E-state index in [4.69, 9.17) is 5.73 Å². The van der Waals surface area contributed by atoms with Gasteiger partial charge in [0.2, 0.25) is 5.82 Å². The summed E-state index contributed by atoms with van der Waals surface area (Å²) in [5, 5.41) is 0. The fourth-order valence-corrected chi connectivity index (χ4v) is 3.32. The molecule has 1 saturated heterocycles. The van der Waals surface area contributed by atoms with Crippen molar-refractivity contribution >= 4 is 11.7 Å². The summed E-state index contributed by atoms with van der Waals surface area (Å²) in [5.41, 5.74) is 8.51. The van der Waals surface area contributed by atoms with Gasteiger partial charge in [-0.1, -0.05) is 12.1 Å². The summed E-state index contributed by atoms with van der Waals surface area (Å²) >= 11 is 0. The molecule has 1 aromatic carbocycles. The number of nitrogens with zero attached hydrogens (tertiary/aromatic N) is 4. The molecule has 1 amide bonds. The number of nitrogens with two attached hydrogens (primary N) is 1. The van der Waals surface area contributed by atoms with Gasteiger partial charge in [-0.15, -0.1) is 0 Å². The molecule has 144 valence electrons. The molecule has 1 aliphatic rings. The Morgan fingerprint density at radius 2 is 2.15 bits per heavy atom. The van der Waals surface area contributed by atoms with Crippen LogP contribution in [0.25, 0.3) is 0 Å². The first-order chi connectivity index (χ1) is 12.9. The van der Waals surface area contributed by atoms with Crippen LogP contribution in [-0.4, -0.2) is 46.5 Å². The van der Waals surface area contributed by atoms with Crippen LogP contribution in [-0.2, 0) is 6.54 Å². The van der Waals surface area contributed by atoms with Crippen LogP contribution in [0.5, 0.6) is 0 Å². The molecule has 2 N–H and O–H groups in total. The van der Waals surface area contributed by atoms with E-state index in [1.54, 1.807) is 17.0 Å². The summed E-state index contributed by atoms with van der Waals surface area (Å²) in [6.07, 6.45) is 0.909. The molecule has 3 rings (SSSR count). The van der Waals surface area contributed by atoms with Gasteiger partial charge in [0.05, 0.1) is 0 Å². The molecule has 0 radical (unpaired) electrons. The predicted octanol–water partition coefficient (Wildman–Crippen LogP) is 2.43. The van der Waals surface area contributed by atoms with Crippen LogP contribution in [0.2, 0.25) is 0 Å². The summed E-state index contributed by atoms with van der Waals surface area (Å²) in [7, 11) is 0. The molecule has 7 heteroatoms. The maximum Gasteiger partial charge on any atom is 0.292 e. The van der Waals surface area contributed by atoms with Gasteiger partial charge in [-0.3, -0.25) is 4.79 Å². The number of benzene rings is 1. The third kappa shape index (κ3) is 4.24. The first kappa shape index (κ1) is 19.2. The van der Waals surface area contributed by atoms with Crippen molar-refractivity contribution in [3.63, 3.8) is 0 Å². The molecule has 0 spiro atoms. The van der Waals surface area contributed by atoms with E-state index in [0.717, 1.165) is 42.1 Å². The summed E-state index contributed by atoms with van der Waals surface area (Å²) in [5.74, 6) is 0.383. The standard InChI is InChI=1S/C20H26FN5O/c1-4-25(11-15-6-5-7-16(21)10-15)20(27)18-23-14(3)13(2)19(24-18)26-9-8-17(22)12-26/h5-7,10,17H,4,8-9,11-12,22H2,1-3H3/t17-/m1/s1. The van der Waals surface area contributed by atoms with Crippen LogP contribution in [0.4, 0.5) is 10.2 Å². The van der Waals surface area contributed by atoms with Crippen molar-refractivity contribution in [2.45, 2.75) is 39.8 Å². The zero-order valence-electron chi connectivity index (χ0n) is 16.1. The van der Waals surface area contributed by atoms with Crippen LogP contribution >= 0.6 is 0 Å². The molecule has 1 atom stereocenters. The largest absolute Gasteiger partial charge is 0.355 e. The number of carbonyl (C=O) groups excluding carboxylic acids is 1. The number of amides is 1. The highest BCUT2D eigenvalue weighted by molar-refractivity contribution is 5.91. The molecule has 6 nitrogen and oxygen atoms in total. The quantitative estimate of drug-likeness (QED) is 0.874. The van der Waals surface area contributed by atoms with Gasteiger partial charge < -0.3 is 15.5 Å². The smallest absolute Gasteiger partial charge is 0.292 e. The maximum absolute atomic E-state index is 13.5. The van der Waals surface area contributed by atoms with Crippen molar-refractivity contribution in [3.05, 3.63) is 52.7 Å². The molecule has 1 aromatic heterocycles. The minimum atomic E-state index is -0.314. The second kappa shape index (κ2) is 8.00. The number of anilines is 1. The fraction of sp³-hybridized carbons (Fsp3) is 0.450. The first-order valence-electron chi connectivity index (χ1n) is 9.28. The van der Waals surface area contributed by atoms with Gasteiger partial charge in [0.15, 0.2) is 0 Å². The summed E-state index contributed by atoms with van der Waals surface area (Å²) in [6.45, 7) is 8.09. The Kier molecular flexibility index (Phi) is 5.70. The summed E-state index contributed by atoms with van der Waals surface area (Å²) in [6, 6.07) is 6.40. The average molecular weight is 371 g/mol. The minimum Gasteiger partial charge on any atom is -0.355 e. The molecule has 27 heavy (non-hydrogen) atoms. The molecule has 2 heterocycles. The molecule has 2 aromatic rings. The van der Waals surface area contributed by atoms with Gasteiger partial charge in [-0.25, -0.2) is 14.4 Å². The molecule has 0 aliphatic carbocycles. The Morgan fingerprint density at radius 3 is 2.78 bits per heavy atom. The van der Waals surface area contributed by atoms with Gasteiger partial charge in [0, 0.05) is 43.5 Å². The number of hydrogen-bond donors (Lipinski definition) is 1. The number of hydrogen-bond acceptors (Lipinski definition) is 5. The van der Waals surface area contributed by atoms with Crippen molar-refractivity contribution < 1.29 is 9.18 Å². The molecule has 0 unspecified atom stereocenters. The molecule has 0 bridgehead atoms. The Morgan fingerprint density at radius 1 is 1.37 bits per heavy atom. The number of aryl methyl sites for hydroxylation is 1. The van der Waals surface area contributed by atoms with Crippen LogP contribution < -0.4 is 10.6 Å². The van der Waals surface area contributed by atoms with Gasteiger partial charge in [-0.2, -0.15) is 0 Å². The molecule has 1 fully saturated rings. The predicted molar refractivity (Wildman–Crippen MR) is 103 cm³/mol. The van der Waals surface area contributed by atoms with Gasteiger partial charge in [0.1, 0.15) is 11.6 Å². The highest BCUT2D eigenvalue weighted by Crippen LogP contribution is 2.24. The van der Waals surface area contributed by atoms with E-state index in [-0.39, 0.29) is 23.6 Å². The van der Waals surface area contributed by atoms with Crippen LogP contribution in [0.15, 0.2) is 24.3 Å². The average Bonchev–Trinajstić information content (AvgIpc) is 3.07. The maximum atomic E-state index is 13.5. The molecular formula is C20H26FN5O. The lowest BCUT2D eigenvalue weighted by Crippen LogP contribution is -2.33. The number of carbonyl (C=O) groups is 1. The summed E-state index contributed by atoms with van der Waals surface area (Å²) in [4.78, 5) is 25.8. The van der Waals surface area contributed by atoms with Crippen LogP contribution in [0.3, 0.4) is 0 Å². The van der Waals surface area contributed by atoms with E-state index in [9.17, 15) is 9.18 Å². The molecular weight excluding hydrogens is 345 g/mol. The number of halogens is 1. The second-order valence-electron chi connectivity index (χ2n) is 7.03. The highest BCUT2D eigenvalue weighted by Gasteiger charge is 2.26. The van der Waals surface area contributed by atoms with Crippen molar-refractivity contribution in [1.29, 1.82) is 0 Å². The zero-order chi connectivity index (χ0) is 19.6. The first-order valence-corrected chi connectivity index (χ1v) is 9.28. The lowest BCUT2D eigenvalue weighted by Gasteiger charge is -2.23. The normalized spacial score (nSPS) is 16.6. The Balaban J connectivity index is 1.87. The Labute approximate surface area is 159 Å². The highest BCUT2D eigenvalue weighted by atomic mass is 19.1. The Hall–Kier alpha value is -2.54. The minimum absolute atomic E-state index is 0.124. The number of rotatable bonds is 5. The van der Waals surface area contributed by atoms with Gasteiger partial charge >= 0.3 is 0 Å². The van der Waals surface area contributed by atoms with Crippen molar-refractivity contribution in [2.75, 3.05) is 24.5 Å². The van der Waals surface area contributed by atoms with E-state index in [2.05, 4.69) is 14.9 Å². The third-order valence-corrected chi connectivity index (χ3v) is 5.01. The van der Waals surface area contributed by atoms with E-state index in [0.29, 0.717) is 13.1 Å². The lowest BCUT2D eigenvalue weighted by molar-refractivity contribution is 0.0739. The van der Waals surface area contributed by atoms with E-state index in [1.165, 1.54) is 12.1 Å². The second-order valence-corrected chi connectivity index (χ2v) is 7.03. The molecule has 0 saturated carbocycles. The zero-order valence-corrected chi connectivity index (χ0v) is 16.1. The van der Waals surface area contributed by atoms with E-state index in [1.807, 2.05) is 20.8 Å². The van der Waals surface area contributed by atoms with Crippen LogP contribution in [0.1, 0.15) is 40.8 Å². The van der Waals surface area contributed by atoms with Crippen molar-refractivity contribution in [3.8, 4) is 0 Å². The third-order valence-electron chi connectivity index (χ3n) is 5.01. The van der Waals surface area contributed by atoms with Crippen LogP contribution in [0, 0.1) is 19.7 Å². The summed E-state index contributed by atoms with van der Waals surface area (Å²) < 4.78 is 13.5. The SMILES string of the molecule is CCN(Cc1cccc(F)c1)C(=O)c1nc(C)c(C)c(N2CC[C@@H](N)C2)n1. The van der Waals surface area contributed by atoms with Gasteiger partial charge in [0.25, 0.3) is 5.91 Å². The topological polar surface area (TPSA) is 75.4 Å². The van der Waals surface area contributed by atoms with Crippen molar-refractivity contribution in [1.82, 2.24) is 14.9 Å². The van der Waals surface area contributed by atoms with E-state index < -0.39 is 0 Å². The lowest BCUT2D eigenvalue weighted by atomic mass is 10.2. The van der Waals surface area contributed by atoms with E-state index >= 15 is 0 Å². The fourth-order valence-electron chi connectivity index (χ4n) is 3.32. The number of aromatic nitrogens is 2.